The normalized spacial score (nSPS) is 12.8. The molecule has 1 aromatic rings. The van der Waals surface area contributed by atoms with Gasteiger partial charge in [-0.3, -0.25) is 0 Å². The zero-order chi connectivity index (χ0) is 14.6. The number of unbranched alkanes of at least 4 members (excludes halogenated alkanes) is 9. The van der Waals surface area contributed by atoms with Crippen LogP contribution in [-0.4, -0.2) is 5.11 Å². The fraction of sp³-hybridized carbons (Fsp3) is 0.765. The van der Waals surface area contributed by atoms with Crippen molar-refractivity contribution in [1.82, 2.24) is 0 Å². The topological polar surface area (TPSA) is 20.2 Å². The number of aliphatic hydroxyl groups is 1. The number of hydrogen-bond donors (Lipinski definition) is 1. The summed E-state index contributed by atoms with van der Waals surface area (Å²) >= 11 is 5.13. The van der Waals surface area contributed by atoms with E-state index in [1.165, 1.54) is 57.8 Å². The Bertz CT molecular complexity index is 337. The molecule has 0 saturated carbocycles. The van der Waals surface area contributed by atoms with Crippen molar-refractivity contribution in [3.8, 4) is 0 Å². The summed E-state index contributed by atoms with van der Waals surface area (Å²) in [5, 5.41) is 12.1. The van der Waals surface area contributed by atoms with Gasteiger partial charge in [0, 0.05) is 9.35 Å². The molecule has 0 bridgehead atoms. The first kappa shape index (κ1) is 18.2. The SMILES string of the molecule is CCCCCCCCCCCCC(O)c1sccc1Br. The van der Waals surface area contributed by atoms with Gasteiger partial charge in [0.2, 0.25) is 0 Å². The van der Waals surface area contributed by atoms with Crippen LogP contribution in [0, 0.1) is 0 Å². The van der Waals surface area contributed by atoms with E-state index >= 15 is 0 Å². The predicted octanol–water partition coefficient (Wildman–Crippen LogP) is 6.86. The van der Waals surface area contributed by atoms with Crippen LogP contribution in [0.2, 0.25) is 0 Å². The third-order valence-corrected chi connectivity index (χ3v) is 5.75. The zero-order valence-corrected chi connectivity index (χ0v) is 15.1. The summed E-state index contributed by atoms with van der Waals surface area (Å²) in [5.74, 6) is 0. The van der Waals surface area contributed by atoms with Gasteiger partial charge < -0.3 is 5.11 Å². The molecular formula is C17H29BrOS. The molecule has 0 radical (unpaired) electrons. The lowest BCUT2D eigenvalue weighted by Gasteiger charge is -2.09. The lowest BCUT2D eigenvalue weighted by atomic mass is 10.0. The van der Waals surface area contributed by atoms with E-state index in [1.807, 2.05) is 11.4 Å². The minimum absolute atomic E-state index is 0.279. The van der Waals surface area contributed by atoms with Crippen molar-refractivity contribution >= 4 is 27.3 Å². The van der Waals surface area contributed by atoms with E-state index in [9.17, 15) is 5.11 Å². The fourth-order valence-electron chi connectivity index (χ4n) is 2.50. The molecular weight excluding hydrogens is 332 g/mol. The Kier molecular flexibility index (Phi) is 10.7. The first-order valence-electron chi connectivity index (χ1n) is 8.16. The van der Waals surface area contributed by atoms with Gasteiger partial charge in [0.25, 0.3) is 0 Å². The van der Waals surface area contributed by atoms with Crippen molar-refractivity contribution < 1.29 is 5.11 Å². The van der Waals surface area contributed by atoms with E-state index in [4.69, 9.17) is 0 Å². The molecule has 1 atom stereocenters. The second-order valence-electron chi connectivity index (χ2n) is 5.62. The Balaban J connectivity index is 1.91. The van der Waals surface area contributed by atoms with E-state index < -0.39 is 0 Å². The van der Waals surface area contributed by atoms with Crippen LogP contribution in [0.4, 0.5) is 0 Å². The number of halogens is 1. The molecule has 0 amide bonds. The van der Waals surface area contributed by atoms with Crippen LogP contribution in [0.1, 0.15) is 88.5 Å². The Hall–Kier alpha value is 0.140. The summed E-state index contributed by atoms with van der Waals surface area (Å²) < 4.78 is 1.06. The second kappa shape index (κ2) is 11.8. The monoisotopic (exact) mass is 360 g/mol. The van der Waals surface area contributed by atoms with Crippen LogP contribution < -0.4 is 0 Å². The van der Waals surface area contributed by atoms with E-state index in [2.05, 4.69) is 22.9 Å². The molecule has 0 spiro atoms. The molecule has 1 rings (SSSR count). The van der Waals surface area contributed by atoms with Gasteiger partial charge in [-0.15, -0.1) is 11.3 Å². The van der Waals surface area contributed by atoms with Gasteiger partial charge >= 0.3 is 0 Å². The van der Waals surface area contributed by atoms with Gasteiger partial charge in [-0.2, -0.15) is 0 Å². The highest BCUT2D eigenvalue weighted by Gasteiger charge is 2.11. The average molecular weight is 361 g/mol. The third kappa shape index (κ3) is 7.80. The molecule has 1 heterocycles. The number of rotatable bonds is 12. The number of hydrogen-bond acceptors (Lipinski definition) is 2. The summed E-state index contributed by atoms with van der Waals surface area (Å²) in [4.78, 5) is 1.08. The maximum absolute atomic E-state index is 10.1. The van der Waals surface area contributed by atoms with Crippen molar-refractivity contribution in [2.75, 3.05) is 0 Å². The standard InChI is InChI=1S/C17H29BrOS/c1-2-3-4-5-6-7-8-9-10-11-12-16(19)17-15(18)13-14-20-17/h13-14,16,19H,2-12H2,1H3. The van der Waals surface area contributed by atoms with Gasteiger partial charge in [-0.25, -0.2) is 0 Å². The van der Waals surface area contributed by atoms with Crippen LogP contribution in [0.25, 0.3) is 0 Å². The fourth-order valence-corrected chi connectivity index (χ4v) is 4.16. The molecule has 0 aromatic carbocycles. The van der Waals surface area contributed by atoms with E-state index in [0.717, 1.165) is 22.2 Å². The zero-order valence-electron chi connectivity index (χ0n) is 12.7. The van der Waals surface area contributed by atoms with Gasteiger partial charge in [0.15, 0.2) is 0 Å². The minimum Gasteiger partial charge on any atom is -0.388 e. The average Bonchev–Trinajstić information content (AvgIpc) is 2.87. The second-order valence-corrected chi connectivity index (χ2v) is 7.42. The van der Waals surface area contributed by atoms with Crippen molar-refractivity contribution in [1.29, 1.82) is 0 Å². The maximum Gasteiger partial charge on any atom is 0.0893 e. The molecule has 0 saturated heterocycles. The van der Waals surface area contributed by atoms with Crippen LogP contribution in [0.15, 0.2) is 15.9 Å². The van der Waals surface area contributed by atoms with Gasteiger partial charge in [0.05, 0.1) is 6.10 Å². The molecule has 0 fully saturated rings. The molecule has 3 heteroatoms. The molecule has 0 aliphatic rings. The summed E-state index contributed by atoms with van der Waals surface area (Å²) in [5.41, 5.74) is 0. The molecule has 20 heavy (non-hydrogen) atoms. The van der Waals surface area contributed by atoms with E-state index in [0.29, 0.717) is 0 Å². The molecule has 1 N–H and O–H groups in total. The summed E-state index contributed by atoms with van der Waals surface area (Å²) in [7, 11) is 0. The molecule has 1 nitrogen and oxygen atoms in total. The van der Waals surface area contributed by atoms with Crippen LogP contribution in [-0.2, 0) is 0 Å². The van der Waals surface area contributed by atoms with Gasteiger partial charge in [0.1, 0.15) is 0 Å². The Morgan fingerprint density at radius 2 is 1.55 bits per heavy atom. The molecule has 116 valence electrons. The highest BCUT2D eigenvalue weighted by atomic mass is 79.9. The minimum atomic E-state index is -0.279. The van der Waals surface area contributed by atoms with E-state index in [1.54, 1.807) is 11.3 Å². The van der Waals surface area contributed by atoms with Crippen molar-refractivity contribution in [2.24, 2.45) is 0 Å². The summed E-state index contributed by atoms with van der Waals surface area (Å²) in [6.07, 6.45) is 14.1. The van der Waals surface area contributed by atoms with Gasteiger partial charge in [-0.1, -0.05) is 71.1 Å². The number of aliphatic hydroxyl groups excluding tert-OH is 1. The first-order valence-corrected chi connectivity index (χ1v) is 9.84. The summed E-state index contributed by atoms with van der Waals surface area (Å²) in [6.45, 7) is 2.27. The molecule has 0 aliphatic carbocycles. The largest absolute Gasteiger partial charge is 0.388 e. The first-order chi connectivity index (χ1) is 9.75. The Labute approximate surface area is 136 Å². The quantitative estimate of drug-likeness (QED) is 0.403. The van der Waals surface area contributed by atoms with Crippen molar-refractivity contribution in [2.45, 2.75) is 83.7 Å². The third-order valence-electron chi connectivity index (χ3n) is 3.78. The molecule has 1 unspecified atom stereocenters. The van der Waals surface area contributed by atoms with E-state index in [-0.39, 0.29) is 6.10 Å². The predicted molar refractivity (Wildman–Crippen MR) is 93.4 cm³/mol. The van der Waals surface area contributed by atoms with Crippen LogP contribution in [0.5, 0.6) is 0 Å². The highest BCUT2D eigenvalue weighted by Crippen LogP contribution is 2.31. The Morgan fingerprint density at radius 3 is 2.05 bits per heavy atom. The van der Waals surface area contributed by atoms with Crippen LogP contribution in [0.3, 0.4) is 0 Å². The lowest BCUT2D eigenvalue weighted by Crippen LogP contribution is -1.95. The van der Waals surface area contributed by atoms with Crippen LogP contribution >= 0.6 is 27.3 Å². The molecule has 0 aliphatic heterocycles. The Morgan fingerprint density at radius 1 is 1.00 bits per heavy atom. The lowest BCUT2D eigenvalue weighted by molar-refractivity contribution is 0.166. The van der Waals surface area contributed by atoms with Crippen molar-refractivity contribution in [3.05, 3.63) is 20.8 Å². The highest BCUT2D eigenvalue weighted by molar-refractivity contribution is 9.10. The molecule has 1 aromatic heterocycles. The van der Waals surface area contributed by atoms with Gasteiger partial charge in [-0.05, 0) is 33.8 Å². The maximum atomic E-state index is 10.1. The van der Waals surface area contributed by atoms with Crippen molar-refractivity contribution in [3.63, 3.8) is 0 Å². The smallest absolute Gasteiger partial charge is 0.0893 e. The number of thiophene rings is 1. The summed E-state index contributed by atoms with van der Waals surface area (Å²) in [6, 6.07) is 2.02.